The molecular weight excluding hydrogens is 416 g/mol. The van der Waals surface area contributed by atoms with Crippen LogP contribution in [-0.4, -0.2) is 97.6 Å². The largest absolute Gasteiger partial charge is 0.378 e. The van der Waals surface area contributed by atoms with Crippen LogP contribution in [0.15, 0.2) is 17.3 Å². The Labute approximate surface area is 186 Å². The van der Waals surface area contributed by atoms with Crippen molar-refractivity contribution in [3.05, 3.63) is 23.0 Å². The van der Waals surface area contributed by atoms with Crippen LogP contribution < -0.4 is 16.0 Å². The van der Waals surface area contributed by atoms with E-state index < -0.39 is 12.5 Å². The number of anilines is 1. The Kier molecular flexibility index (Phi) is 6.80. The third-order valence-electron chi connectivity index (χ3n) is 5.20. The van der Waals surface area contributed by atoms with Crippen molar-refractivity contribution in [1.29, 1.82) is 0 Å². The van der Waals surface area contributed by atoms with Gasteiger partial charge in [-0.05, 0) is 27.2 Å². The van der Waals surface area contributed by atoms with Crippen molar-refractivity contribution < 1.29 is 9.84 Å². The van der Waals surface area contributed by atoms with Crippen LogP contribution >= 0.6 is 11.3 Å². The second-order valence-electron chi connectivity index (χ2n) is 8.04. The van der Waals surface area contributed by atoms with Gasteiger partial charge in [0.2, 0.25) is 0 Å². The van der Waals surface area contributed by atoms with Gasteiger partial charge >= 0.3 is 0 Å². The lowest BCUT2D eigenvalue weighted by Crippen LogP contribution is -2.38. The molecule has 4 heterocycles. The fourth-order valence-electron chi connectivity index (χ4n) is 3.52. The van der Waals surface area contributed by atoms with Gasteiger partial charge in [-0.15, -0.1) is 11.3 Å². The Balaban J connectivity index is 1.67. The molecule has 4 N–H and O–H groups in total. The number of hydrogen-bond donors (Lipinski definition) is 3. The molecule has 1 saturated heterocycles. The van der Waals surface area contributed by atoms with Gasteiger partial charge in [0.1, 0.15) is 6.23 Å². The molecule has 11 heteroatoms. The summed E-state index contributed by atoms with van der Waals surface area (Å²) in [4.78, 5) is 21.2. The molecule has 2 aromatic rings. The molecule has 1 fully saturated rings. The molecule has 2 unspecified atom stereocenters. The third kappa shape index (κ3) is 5.20. The quantitative estimate of drug-likeness (QED) is 0.509. The van der Waals surface area contributed by atoms with E-state index in [1.165, 1.54) is 0 Å². The summed E-state index contributed by atoms with van der Waals surface area (Å²) in [6.07, 6.45) is 2.53. The van der Waals surface area contributed by atoms with Crippen molar-refractivity contribution in [2.75, 3.05) is 58.9 Å². The van der Waals surface area contributed by atoms with Crippen LogP contribution in [-0.2, 0) is 11.3 Å². The molecule has 0 aromatic carbocycles. The first-order valence-corrected chi connectivity index (χ1v) is 11.1. The molecule has 168 valence electrons. The maximum Gasteiger partial charge on any atom is 0.170 e. The number of ether oxygens (including phenoxy) is 1. The molecule has 0 aliphatic carbocycles. The fraction of sp³-hybridized carbons (Fsp3) is 0.550. The first-order chi connectivity index (χ1) is 14.9. The average molecular weight is 447 g/mol. The molecule has 31 heavy (non-hydrogen) atoms. The molecule has 2 aliphatic rings. The van der Waals surface area contributed by atoms with Crippen molar-refractivity contribution in [2.45, 2.75) is 19.1 Å². The van der Waals surface area contributed by atoms with Gasteiger partial charge in [-0.25, -0.2) is 9.97 Å². The average Bonchev–Trinajstić information content (AvgIpc) is 3.16. The fourth-order valence-corrected chi connectivity index (χ4v) is 4.69. The van der Waals surface area contributed by atoms with Gasteiger partial charge in [0, 0.05) is 43.5 Å². The van der Waals surface area contributed by atoms with Crippen molar-refractivity contribution >= 4 is 39.2 Å². The third-order valence-corrected chi connectivity index (χ3v) is 6.30. The smallest absolute Gasteiger partial charge is 0.170 e. The number of aliphatic hydroxyl groups is 1. The lowest BCUT2D eigenvalue weighted by Gasteiger charge is -2.28. The maximum atomic E-state index is 10.4. The maximum absolute atomic E-state index is 10.4. The van der Waals surface area contributed by atoms with Gasteiger partial charge in [0.25, 0.3) is 0 Å². The summed E-state index contributed by atoms with van der Waals surface area (Å²) in [6, 6.07) is 2.09. The number of nitrogens with one attached hydrogen (secondary N) is 1. The van der Waals surface area contributed by atoms with Crippen LogP contribution in [0.1, 0.15) is 10.7 Å². The Hall–Kier alpha value is -2.15. The Bertz CT molecular complexity index is 969. The predicted octanol–water partition coefficient (Wildman–Crippen LogP) is 0.0969. The van der Waals surface area contributed by atoms with Crippen molar-refractivity contribution in [3.8, 4) is 0 Å². The highest BCUT2D eigenvalue weighted by molar-refractivity contribution is 7.19. The molecule has 0 radical (unpaired) electrons. The molecular formula is C20H30N8O2S. The van der Waals surface area contributed by atoms with Crippen LogP contribution in [0.5, 0.6) is 0 Å². The standard InChI is InChI=1S/C20H30N8O2S/c1-26(2)12-16(29)27(3)11-14-8-15-17(31-14)19(28-4-6-30-7-5-28)25-18(24-15)13-9-22-20(21)23-10-13/h8-10,16,20,22,29H,4-7,11-12,21H2,1-3H3. The summed E-state index contributed by atoms with van der Waals surface area (Å²) in [6.45, 7) is 4.15. The van der Waals surface area contributed by atoms with Gasteiger partial charge < -0.3 is 25.0 Å². The van der Waals surface area contributed by atoms with Crippen LogP contribution in [0, 0.1) is 0 Å². The van der Waals surface area contributed by atoms with Gasteiger partial charge in [-0.2, -0.15) is 0 Å². The van der Waals surface area contributed by atoms with Gasteiger partial charge in [-0.3, -0.25) is 15.6 Å². The summed E-state index contributed by atoms with van der Waals surface area (Å²) >= 11 is 1.68. The van der Waals surface area contributed by atoms with Crippen LogP contribution in [0.3, 0.4) is 0 Å². The number of allylic oxidation sites excluding steroid dienone is 1. The van der Waals surface area contributed by atoms with E-state index in [0.29, 0.717) is 32.1 Å². The number of aliphatic hydroxyl groups excluding tert-OH is 1. The number of hydrogen-bond acceptors (Lipinski definition) is 11. The zero-order valence-electron chi connectivity index (χ0n) is 18.2. The number of rotatable bonds is 7. The zero-order chi connectivity index (χ0) is 22.0. The van der Waals surface area contributed by atoms with Crippen molar-refractivity contribution in [3.63, 3.8) is 0 Å². The topological polar surface area (TPSA) is 115 Å². The molecule has 10 nitrogen and oxygen atoms in total. The molecule has 2 atom stereocenters. The number of likely N-dealkylation sites (N-methyl/N-ethyl adjacent to an activating group) is 2. The van der Waals surface area contributed by atoms with Gasteiger partial charge in [0.05, 0.1) is 29.0 Å². The minimum Gasteiger partial charge on any atom is -0.378 e. The van der Waals surface area contributed by atoms with Crippen molar-refractivity contribution in [2.24, 2.45) is 10.7 Å². The summed E-state index contributed by atoms with van der Waals surface area (Å²) < 4.78 is 6.58. The summed E-state index contributed by atoms with van der Waals surface area (Å²) in [7, 11) is 5.83. The van der Waals surface area contributed by atoms with E-state index in [1.54, 1.807) is 23.8 Å². The highest BCUT2D eigenvalue weighted by Crippen LogP contribution is 2.34. The van der Waals surface area contributed by atoms with E-state index in [9.17, 15) is 5.11 Å². The number of aliphatic imine (C=N–C) groups is 1. The monoisotopic (exact) mass is 446 g/mol. The van der Waals surface area contributed by atoms with Gasteiger partial charge in [-0.1, -0.05) is 0 Å². The van der Waals surface area contributed by atoms with Crippen LogP contribution in [0.2, 0.25) is 0 Å². The number of nitrogens with two attached hydrogens (primary N) is 1. The lowest BCUT2D eigenvalue weighted by molar-refractivity contribution is -0.000440. The first kappa shape index (κ1) is 22.1. The Morgan fingerprint density at radius 3 is 2.77 bits per heavy atom. The second kappa shape index (κ2) is 9.55. The molecule has 4 rings (SSSR count). The minimum absolute atomic E-state index is 0.442. The second-order valence-corrected chi connectivity index (χ2v) is 9.18. The molecule has 0 saturated carbocycles. The SMILES string of the molecule is CN(C)CC(O)N(C)Cc1cc2nc(C3=CNC(N)N=C3)nc(N3CCOCC3)c2s1. The molecule has 0 bridgehead atoms. The highest BCUT2D eigenvalue weighted by Gasteiger charge is 2.22. The number of fused-ring (bicyclic) bond motifs is 1. The van der Waals surface area contributed by atoms with Crippen molar-refractivity contribution in [1.82, 2.24) is 25.1 Å². The van der Waals surface area contributed by atoms with E-state index in [4.69, 9.17) is 20.4 Å². The minimum atomic E-state index is -0.542. The van der Waals surface area contributed by atoms with Gasteiger partial charge in [0.15, 0.2) is 17.9 Å². The number of nitrogens with zero attached hydrogens (tertiary/aromatic N) is 6. The molecule has 2 aliphatic heterocycles. The zero-order valence-corrected chi connectivity index (χ0v) is 19.0. The molecule has 2 aromatic heterocycles. The molecule has 0 spiro atoms. The number of aromatic nitrogens is 2. The first-order valence-electron chi connectivity index (χ1n) is 10.3. The lowest BCUT2D eigenvalue weighted by atomic mass is 10.2. The molecule has 0 amide bonds. The summed E-state index contributed by atoms with van der Waals surface area (Å²) in [5.41, 5.74) is 7.46. The van der Waals surface area contributed by atoms with Crippen LogP contribution in [0.4, 0.5) is 5.82 Å². The summed E-state index contributed by atoms with van der Waals surface area (Å²) in [5.74, 6) is 1.53. The highest BCUT2D eigenvalue weighted by atomic mass is 32.1. The Morgan fingerprint density at radius 1 is 1.32 bits per heavy atom. The normalized spacial score (nSPS) is 20.4. The number of thiophene rings is 1. The van der Waals surface area contributed by atoms with E-state index in [-0.39, 0.29) is 0 Å². The van der Waals surface area contributed by atoms with E-state index >= 15 is 0 Å². The predicted molar refractivity (Wildman–Crippen MR) is 124 cm³/mol. The Morgan fingerprint density at radius 2 is 2.10 bits per heavy atom. The van der Waals surface area contributed by atoms with E-state index in [2.05, 4.69) is 21.3 Å². The van der Waals surface area contributed by atoms with E-state index in [1.807, 2.05) is 30.9 Å². The number of morpholine rings is 1. The summed E-state index contributed by atoms with van der Waals surface area (Å²) in [5, 5.41) is 13.4. The van der Waals surface area contributed by atoms with E-state index in [0.717, 1.165) is 39.6 Å². The van der Waals surface area contributed by atoms with Crippen LogP contribution in [0.25, 0.3) is 15.8 Å².